The molecule has 0 aliphatic heterocycles. The van der Waals surface area contributed by atoms with Crippen LogP contribution < -0.4 is 15.6 Å². The van der Waals surface area contributed by atoms with E-state index in [2.05, 4.69) is 160 Å². The van der Waals surface area contributed by atoms with Gasteiger partial charge in [0.25, 0.3) is 0 Å². The Balaban J connectivity index is 0.00000141. The molecule has 0 aliphatic carbocycles. The van der Waals surface area contributed by atoms with Gasteiger partial charge >= 0.3 is 25.8 Å². The minimum absolute atomic E-state index is 0. The summed E-state index contributed by atoms with van der Waals surface area (Å²) >= 11 is 0. The molecule has 0 bridgehead atoms. The van der Waals surface area contributed by atoms with Crippen LogP contribution in [0.4, 0.5) is 0 Å². The average Bonchev–Trinajstić information content (AvgIpc) is 3.63. The van der Waals surface area contributed by atoms with Crippen molar-refractivity contribution < 1.29 is 25.8 Å². The molecule has 0 N–H and O–H groups in total. The molecule has 210 valence electrons. The number of fused-ring (bicyclic) bond motifs is 2. The molecule has 0 spiro atoms. The van der Waals surface area contributed by atoms with Crippen LogP contribution in [0.3, 0.4) is 0 Å². The zero-order valence-corrected chi connectivity index (χ0v) is 30.4. The first-order valence-corrected chi connectivity index (χ1v) is 16.6. The fourth-order valence-corrected chi connectivity index (χ4v) is 10.2. The summed E-state index contributed by atoms with van der Waals surface area (Å²) in [6, 6.07) is 52.1. The molecule has 0 aromatic heterocycles. The van der Waals surface area contributed by atoms with E-state index in [1.165, 1.54) is 70.5 Å². The van der Waals surface area contributed by atoms with Crippen molar-refractivity contribution in [2.24, 2.45) is 0 Å². The van der Waals surface area contributed by atoms with Crippen LogP contribution in [-0.2, 0) is 25.8 Å². The third-order valence-electron chi connectivity index (χ3n) is 8.88. The molecule has 0 unspecified atom stereocenters. The Kier molecular flexibility index (Phi) is 9.74. The maximum absolute atomic E-state index is 2.53. The molecule has 7 aromatic rings. The van der Waals surface area contributed by atoms with E-state index >= 15 is 0 Å². The topological polar surface area (TPSA) is 0 Å². The molecule has 43 heavy (non-hydrogen) atoms. The summed E-state index contributed by atoms with van der Waals surface area (Å²) in [6.45, 7) is 6.95. The number of benzene rings is 5. The fraction of sp³-hybridized carbons (Fsp3) is 0.0732. The first-order valence-electron chi connectivity index (χ1n) is 14.1. The van der Waals surface area contributed by atoms with Gasteiger partial charge in [0.1, 0.15) is 8.07 Å². The van der Waals surface area contributed by atoms with E-state index < -0.39 is 8.07 Å². The number of hydrogen-bond donors (Lipinski definition) is 0. The van der Waals surface area contributed by atoms with Gasteiger partial charge in [0.05, 0.1) is 0 Å². The number of rotatable bonds is 5. The van der Waals surface area contributed by atoms with Crippen LogP contribution in [0.2, 0.25) is 6.55 Å². The first kappa shape index (κ1) is 32.3. The van der Waals surface area contributed by atoms with Crippen LogP contribution in [-0.4, -0.2) is 8.07 Å². The van der Waals surface area contributed by atoms with Gasteiger partial charge in [-0.05, 0) is 36.1 Å². The van der Waals surface area contributed by atoms with Gasteiger partial charge < -0.3 is 14.9 Å². The third kappa shape index (κ3) is 5.48. The quantitative estimate of drug-likeness (QED) is 0.122. The Morgan fingerprint density at radius 2 is 0.860 bits per heavy atom. The van der Waals surface area contributed by atoms with Gasteiger partial charge in [-0.1, -0.05) is 114 Å². The predicted octanol–water partition coefficient (Wildman–Crippen LogP) is 9.38. The number of hydrogen-bond acceptors (Lipinski definition) is 0. The minimum atomic E-state index is -2.32. The van der Waals surface area contributed by atoms with Gasteiger partial charge in [-0.25, -0.2) is 0 Å². The van der Waals surface area contributed by atoms with Crippen LogP contribution in [0.25, 0.3) is 43.8 Å². The largest absolute Gasteiger partial charge is 4.00 e. The van der Waals surface area contributed by atoms with Crippen LogP contribution in [0.5, 0.6) is 0 Å². The molecule has 0 amide bonds. The van der Waals surface area contributed by atoms with Crippen molar-refractivity contribution in [3.8, 4) is 22.3 Å². The van der Waals surface area contributed by atoms with Gasteiger partial charge in [-0.15, -0.1) is 68.3 Å². The van der Waals surface area contributed by atoms with E-state index in [1.807, 2.05) is 0 Å². The molecule has 0 radical (unpaired) electrons. The molecule has 2 heteroatoms. The summed E-state index contributed by atoms with van der Waals surface area (Å²) in [5.74, 6) is 0. The van der Waals surface area contributed by atoms with Crippen LogP contribution in [0.1, 0.15) is 11.1 Å². The zero-order chi connectivity index (χ0) is 27.3. The van der Waals surface area contributed by atoms with Gasteiger partial charge in [0, 0.05) is 0 Å². The molecule has 0 saturated carbocycles. The molecule has 7 aromatic carbocycles. The number of aryl methyl sites for hydroxylation is 2. The van der Waals surface area contributed by atoms with Crippen LogP contribution in [0.15, 0.2) is 140 Å². The SMILES string of the molecule is Cc1ccccc1-c1cccc2[cH-]c([Si](C)(c3ccccc3)c3cc4c(-c5ccccc5C)cccc4[cH-]3)cc12.[CH3-].[CH3-].[Hf+4]. The van der Waals surface area contributed by atoms with Crippen molar-refractivity contribution in [3.05, 3.63) is 166 Å². The molecule has 0 heterocycles. The third-order valence-corrected chi connectivity index (χ3v) is 13.3. The standard InChI is InChI=1S/C39H32Si.2CH3.Hf/c1-27-13-7-9-19-34(27)36-21-11-15-29-23-32(25-38(29)36)40(3,31-17-5-4-6-18-31)33-24-30-16-12-22-37(39(30)26-33)35-20-10-8-14-28(35)2;;;/h4-26H,1-3H3;2*1H3;/q-2;2*-1;+4. The maximum atomic E-state index is 2.53. The molecular weight excluding hydrogens is 699 g/mol. The Bertz CT molecular complexity index is 1870. The van der Waals surface area contributed by atoms with Crippen molar-refractivity contribution in [1.82, 2.24) is 0 Å². The second-order valence-electron chi connectivity index (χ2n) is 11.2. The van der Waals surface area contributed by atoms with Crippen molar-refractivity contribution in [1.29, 1.82) is 0 Å². The van der Waals surface area contributed by atoms with E-state index in [1.54, 1.807) is 0 Å². The Labute approximate surface area is 277 Å². The predicted molar refractivity (Wildman–Crippen MR) is 189 cm³/mol. The summed E-state index contributed by atoms with van der Waals surface area (Å²) in [6.07, 6.45) is 0. The summed E-state index contributed by atoms with van der Waals surface area (Å²) in [5.41, 5.74) is 7.89. The summed E-state index contributed by atoms with van der Waals surface area (Å²) in [7, 11) is -2.32. The second-order valence-corrected chi connectivity index (χ2v) is 15.2. The zero-order valence-electron chi connectivity index (χ0n) is 25.8. The summed E-state index contributed by atoms with van der Waals surface area (Å²) in [4.78, 5) is 0. The fourth-order valence-electron chi connectivity index (χ4n) is 6.54. The molecule has 0 fully saturated rings. The summed E-state index contributed by atoms with van der Waals surface area (Å²) < 4.78 is 0. The Morgan fingerprint density at radius 3 is 1.30 bits per heavy atom. The van der Waals surface area contributed by atoms with Gasteiger partial charge in [-0.3, -0.25) is 0 Å². The van der Waals surface area contributed by atoms with E-state index in [9.17, 15) is 0 Å². The smallest absolute Gasteiger partial charge is 0.358 e. The van der Waals surface area contributed by atoms with Gasteiger partial charge in [-0.2, -0.15) is 12.1 Å². The van der Waals surface area contributed by atoms with Crippen LogP contribution in [0, 0.1) is 28.7 Å². The van der Waals surface area contributed by atoms with Crippen molar-refractivity contribution >= 4 is 45.2 Å². The minimum Gasteiger partial charge on any atom is -0.358 e. The second kappa shape index (κ2) is 13.0. The van der Waals surface area contributed by atoms with Crippen molar-refractivity contribution in [3.63, 3.8) is 0 Å². The molecule has 0 saturated heterocycles. The molecule has 0 aliphatic rings. The van der Waals surface area contributed by atoms with Gasteiger partial charge in [0.15, 0.2) is 0 Å². The van der Waals surface area contributed by atoms with Crippen molar-refractivity contribution in [2.45, 2.75) is 20.4 Å². The maximum Gasteiger partial charge on any atom is 4.00 e. The molecule has 7 rings (SSSR count). The first-order chi connectivity index (χ1) is 19.5. The van der Waals surface area contributed by atoms with Gasteiger partial charge in [0.2, 0.25) is 0 Å². The van der Waals surface area contributed by atoms with E-state index in [0.717, 1.165) is 0 Å². The van der Waals surface area contributed by atoms with E-state index in [-0.39, 0.29) is 40.7 Å². The Hall–Kier alpha value is -3.59. The average molecular weight is 737 g/mol. The Morgan fingerprint density at radius 1 is 0.465 bits per heavy atom. The van der Waals surface area contributed by atoms with E-state index in [4.69, 9.17) is 0 Å². The van der Waals surface area contributed by atoms with Crippen LogP contribution >= 0.6 is 0 Å². The van der Waals surface area contributed by atoms with Crippen molar-refractivity contribution in [2.75, 3.05) is 0 Å². The molecular formula is C41H38HfSi. The molecule has 0 atom stereocenters. The normalized spacial score (nSPS) is 11.0. The molecule has 0 nitrogen and oxygen atoms in total. The monoisotopic (exact) mass is 738 g/mol. The summed E-state index contributed by atoms with van der Waals surface area (Å²) in [5, 5.41) is 9.70. The van der Waals surface area contributed by atoms with E-state index in [0.29, 0.717) is 0 Å².